The molecule has 8 heteroatoms. The largest absolute Gasteiger partial charge is 0.276 e. The molecule has 1 N–H and O–H groups in total. The first-order valence-electron chi connectivity index (χ1n) is 9.50. The zero-order valence-electron chi connectivity index (χ0n) is 17.9. The molecule has 2 aromatic carbocycles. The molecule has 0 spiro atoms. The number of halogens is 2. The Bertz CT molecular complexity index is 1220. The summed E-state index contributed by atoms with van der Waals surface area (Å²) in [5.74, 6) is 0. The van der Waals surface area contributed by atoms with Crippen LogP contribution in [0.15, 0.2) is 29.2 Å². The van der Waals surface area contributed by atoms with Gasteiger partial charge in [0, 0.05) is 0 Å². The van der Waals surface area contributed by atoms with Crippen LogP contribution < -0.4 is 4.72 Å². The maximum Gasteiger partial charge on any atom is 0.262 e. The van der Waals surface area contributed by atoms with Crippen molar-refractivity contribution in [1.82, 2.24) is 9.78 Å². The molecule has 0 amide bonds. The van der Waals surface area contributed by atoms with Crippen LogP contribution in [0.5, 0.6) is 0 Å². The molecule has 3 aromatic rings. The van der Waals surface area contributed by atoms with E-state index in [1.807, 2.05) is 46.8 Å². The van der Waals surface area contributed by atoms with Crippen LogP contribution in [0.3, 0.4) is 0 Å². The number of hydrogen-bond donors (Lipinski definition) is 1. The Morgan fingerprint density at radius 3 is 2.10 bits per heavy atom. The number of nitrogens with zero attached hydrogens (tertiary/aromatic N) is 2. The molecule has 3 rings (SSSR count). The normalized spacial score (nSPS) is 11.7. The van der Waals surface area contributed by atoms with Crippen molar-refractivity contribution in [3.05, 3.63) is 73.5 Å². The zero-order valence-corrected chi connectivity index (χ0v) is 20.2. The summed E-state index contributed by atoms with van der Waals surface area (Å²) >= 11 is 12.1. The molecule has 0 atom stereocenters. The average molecular weight is 466 g/mol. The number of benzene rings is 2. The molecule has 160 valence electrons. The Hall–Kier alpha value is -2.02. The summed E-state index contributed by atoms with van der Waals surface area (Å²) in [4.78, 5) is 0.330. The fraction of sp³-hybridized carbons (Fsp3) is 0.318. The molecule has 0 aliphatic rings. The van der Waals surface area contributed by atoms with Gasteiger partial charge < -0.3 is 0 Å². The van der Waals surface area contributed by atoms with Gasteiger partial charge in [-0.05, 0) is 81.5 Å². The first-order valence-corrected chi connectivity index (χ1v) is 11.7. The van der Waals surface area contributed by atoms with Crippen molar-refractivity contribution in [3.8, 4) is 0 Å². The fourth-order valence-corrected chi connectivity index (χ4v) is 5.69. The number of nitrogens with one attached hydrogen (secondary N) is 1. The molecule has 0 unspecified atom stereocenters. The standard InChI is InChI=1S/C22H25Cl2N3O2S/c1-12-9-13(2)15(4)22(14(12)3)30(28,29)26-21-16(5)25-27(17(21)6)11-18-7-8-19(23)20(24)10-18/h7-10,26H,11H2,1-6H3. The van der Waals surface area contributed by atoms with Crippen LogP contribution in [0.1, 0.15) is 39.2 Å². The lowest BCUT2D eigenvalue weighted by molar-refractivity contribution is 0.599. The van der Waals surface area contributed by atoms with Gasteiger partial charge in [-0.15, -0.1) is 0 Å². The topological polar surface area (TPSA) is 64.0 Å². The maximum atomic E-state index is 13.3. The Morgan fingerprint density at radius 2 is 1.53 bits per heavy atom. The smallest absolute Gasteiger partial charge is 0.262 e. The van der Waals surface area contributed by atoms with E-state index in [0.717, 1.165) is 33.5 Å². The van der Waals surface area contributed by atoms with Crippen LogP contribution in [0.2, 0.25) is 10.0 Å². The van der Waals surface area contributed by atoms with Crippen molar-refractivity contribution < 1.29 is 8.42 Å². The molecular formula is C22H25Cl2N3O2S. The second kappa shape index (κ2) is 8.25. The number of aryl methyl sites for hydroxylation is 3. The van der Waals surface area contributed by atoms with Gasteiger partial charge in [0.25, 0.3) is 10.0 Å². The Kier molecular flexibility index (Phi) is 6.23. The van der Waals surface area contributed by atoms with Gasteiger partial charge in [0.15, 0.2) is 0 Å². The third-order valence-corrected chi connectivity index (χ3v) is 7.86. The molecule has 1 aromatic heterocycles. The van der Waals surface area contributed by atoms with Crippen molar-refractivity contribution in [1.29, 1.82) is 0 Å². The molecule has 5 nitrogen and oxygen atoms in total. The molecule has 0 aliphatic carbocycles. The van der Waals surface area contributed by atoms with Gasteiger partial charge in [0.2, 0.25) is 0 Å². The summed E-state index contributed by atoms with van der Waals surface area (Å²) in [6, 6.07) is 7.40. The van der Waals surface area contributed by atoms with Crippen molar-refractivity contribution in [2.24, 2.45) is 0 Å². The SMILES string of the molecule is Cc1cc(C)c(C)c(S(=O)(=O)Nc2c(C)nn(Cc3ccc(Cl)c(Cl)c3)c2C)c1C. The number of hydrogen-bond acceptors (Lipinski definition) is 3. The monoisotopic (exact) mass is 465 g/mol. The Balaban J connectivity index is 1.99. The highest BCUT2D eigenvalue weighted by atomic mass is 35.5. The van der Waals surface area contributed by atoms with Gasteiger partial charge in [-0.25, -0.2) is 8.42 Å². The summed E-state index contributed by atoms with van der Waals surface area (Å²) in [5, 5.41) is 5.49. The summed E-state index contributed by atoms with van der Waals surface area (Å²) < 4.78 is 31.2. The highest BCUT2D eigenvalue weighted by Crippen LogP contribution is 2.30. The molecule has 0 bridgehead atoms. The van der Waals surface area contributed by atoms with Crippen LogP contribution in [-0.2, 0) is 16.6 Å². The van der Waals surface area contributed by atoms with Gasteiger partial charge in [-0.3, -0.25) is 9.40 Å². The lowest BCUT2D eigenvalue weighted by Crippen LogP contribution is -2.18. The minimum Gasteiger partial charge on any atom is -0.276 e. The van der Waals surface area contributed by atoms with E-state index in [1.54, 1.807) is 23.7 Å². The minimum absolute atomic E-state index is 0.330. The van der Waals surface area contributed by atoms with Crippen LogP contribution in [0.25, 0.3) is 0 Å². The van der Waals surface area contributed by atoms with Crippen LogP contribution in [0, 0.1) is 41.5 Å². The molecule has 30 heavy (non-hydrogen) atoms. The van der Waals surface area contributed by atoms with Gasteiger partial charge in [-0.2, -0.15) is 5.10 Å². The van der Waals surface area contributed by atoms with Crippen LogP contribution in [-0.4, -0.2) is 18.2 Å². The van der Waals surface area contributed by atoms with Crippen molar-refractivity contribution in [2.45, 2.75) is 53.0 Å². The van der Waals surface area contributed by atoms with E-state index in [2.05, 4.69) is 9.82 Å². The van der Waals surface area contributed by atoms with Crippen molar-refractivity contribution in [3.63, 3.8) is 0 Å². The molecule has 0 saturated heterocycles. The van der Waals surface area contributed by atoms with E-state index >= 15 is 0 Å². The highest BCUT2D eigenvalue weighted by Gasteiger charge is 2.25. The minimum atomic E-state index is -3.78. The molecule has 0 saturated carbocycles. The van der Waals surface area contributed by atoms with E-state index in [0.29, 0.717) is 32.9 Å². The van der Waals surface area contributed by atoms with Crippen molar-refractivity contribution >= 4 is 38.9 Å². The predicted octanol–water partition coefficient (Wildman–Crippen LogP) is 5.89. The van der Waals surface area contributed by atoms with Gasteiger partial charge in [0.05, 0.1) is 38.6 Å². The fourth-order valence-electron chi connectivity index (χ4n) is 3.58. The van der Waals surface area contributed by atoms with E-state index in [4.69, 9.17) is 23.2 Å². The molecule has 0 radical (unpaired) electrons. The van der Waals surface area contributed by atoms with E-state index < -0.39 is 10.0 Å². The summed E-state index contributed by atoms with van der Waals surface area (Å²) in [6.45, 7) is 11.6. The molecule has 0 fully saturated rings. The summed E-state index contributed by atoms with van der Waals surface area (Å²) in [7, 11) is -3.78. The third-order valence-electron chi connectivity index (χ3n) is 5.50. The van der Waals surface area contributed by atoms with Crippen LogP contribution in [0.4, 0.5) is 5.69 Å². The maximum absolute atomic E-state index is 13.3. The molecule has 0 aliphatic heterocycles. The quantitative estimate of drug-likeness (QED) is 0.510. The van der Waals surface area contributed by atoms with E-state index in [-0.39, 0.29) is 0 Å². The Labute approximate surface area is 188 Å². The summed E-state index contributed by atoms with van der Waals surface area (Å²) in [6.07, 6.45) is 0. The first-order chi connectivity index (χ1) is 13.9. The predicted molar refractivity (Wildman–Crippen MR) is 123 cm³/mol. The first kappa shape index (κ1) is 22.7. The lowest BCUT2D eigenvalue weighted by Gasteiger charge is -2.17. The number of aromatic nitrogens is 2. The number of sulfonamides is 1. The summed E-state index contributed by atoms with van der Waals surface area (Å²) in [5.41, 5.74) is 6.15. The average Bonchev–Trinajstić information content (AvgIpc) is 2.90. The zero-order chi connectivity index (χ0) is 22.4. The third kappa shape index (κ3) is 4.22. The number of rotatable bonds is 5. The number of anilines is 1. The second-order valence-corrected chi connectivity index (χ2v) is 10.1. The Morgan fingerprint density at radius 1 is 0.933 bits per heavy atom. The molecule has 1 heterocycles. The van der Waals surface area contributed by atoms with Gasteiger partial charge >= 0.3 is 0 Å². The van der Waals surface area contributed by atoms with E-state index in [9.17, 15) is 8.42 Å². The highest BCUT2D eigenvalue weighted by molar-refractivity contribution is 7.92. The second-order valence-electron chi connectivity index (χ2n) is 7.65. The van der Waals surface area contributed by atoms with Crippen molar-refractivity contribution in [2.75, 3.05) is 4.72 Å². The molecular weight excluding hydrogens is 441 g/mol. The van der Waals surface area contributed by atoms with E-state index in [1.165, 1.54) is 0 Å². The van der Waals surface area contributed by atoms with Gasteiger partial charge in [0.1, 0.15) is 0 Å². The lowest BCUT2D eigenvalue weighted by atomic mass is 10.0. The van der Waals surface area contributed by atoms with Gasteiger partial charge in [-0.1, -0.05) is 35.3 Å². The van der Waals surface area contributed by atoms with Crippen LogP contribution >= 0.6 is 23.2 Å².